The monoisotopic (exact) mass is 369 g/mol. The van der Waals surface area contributed by atoms with Gasteiger partial charge in [-0.05, 0) is 18.9 Å². The lowest BCUT2D eigenvalue weighted by Crippen LogP contribution is -1.93. The largest absolute Gasteiger partial charge is 0.304 e. The second-order valence-electron chi connectivity index (χ2n) is 6.10. The summed E-state index contributed by atoms with van der Waals surface area (Å²) < 4.78 is 5.48. The van der Waals surface area contributed by atoms with E-state index < -0.39 is 0 Å². The summed E-state index contributed by atoms with van der Waals surface area (Å²) in [6.07, 6.45) is 17.3. The SMILES string of the molecule is C=Nc1nc(-c2ccc3nccn3n2)cn1/C=C\Cc1cn2ccncc2n1. The molecule has 0 amide bonds. The van der Waals surface area contributed by atoms with Crippen LogP contribution in [-0.4, -0.2) is 45.2 Å². The minimum atomic E-state index is 0.498. The van der Waals surface area contributed by atoms with Crippen LogP contribution < -0.4 is 0 Å². The van der Waals surface area contributed by atoms with Crippen LogP contribution in [0.2, 0.25) is 0 Å². The fourth-order valence-corrected chi connectivity index (χ4v) is 2.97. The first-order chi connectivity index (χ1) is 13.8. The van der Waals surface area contributed by atoms with Crippen LogP contribution in [0, 0.1) is 0 Å². The fourth-order valence-electron chi connectivity index (χ4n) is 2.97. The Morgan fingerprint density at radius 1 is 1.04 bits per heavy atom. The molecule has 0 spiro atoms. The molecule has 5 heterocycles. The third kappa shape index (κ3) is 2.84. The highest BCUT2D eigenvalue weighted by Crippen LogP contribution is 2.21. The highest BCUT2D eigenvalue weighted by molar-refractivity contribution is 5.59. The van der Waals surface area contributed by atoms with Crippen molar-refractivity contribution in [1.82, 2.24) is 38.5 Å². The number of nitrogens with zero attached hydrogens (tertiary/aromatic N) is 9. The quantitative estimate of drug-likeness (QED) is 0.444. The van der Waals surface area contributed by atoms with Gasteiger partial charge in [0.2, 0.25) is 5.95 Å². The minimum Gasteiger partial charge on any atom is -0.304 e. The molecule has 0 aliphatic carbocycles. The molecule has 0 saturated heterocycles. The zero-order chi connectivity index (χ0) is 18.9. The Balaban J connectivity index is 1.41. The van der Waals surface area contributed by atoms with Crippen LogP contribution in [0.15, 0.2) is 66.6 Å². The number of allylic oxidation sites excluding steroid dienone is 1. The molecule has 0 fully saturated rings. The lowest BCUT2D eigenvalue weighted by molar-refractivity contribution is 0.939. The van der Waals surface area contributed by atoms with Crippen molar-refractivity contribution in [2.75, 3.05) is 0 Å². The first-order valence-corrected chi connectivity index (χ1v) is 8.61. The maximum absolute atomic E-state index is 4.53. The average molecular weight is 369 g/mol. The van der Waals surface area contributed by atoms with Gasteiger partial charge in [-0.15, -0.1) is 0 Å². The molecule has 0 aliphatic heterocycles. The zero-order valence-electron chi connectivity index (χ0n) is 14.8. The van der Waals surface area contributed by atoms with Crippen molar-refractivity contribution in [3.63, 3.8) is 0 Å². The van der Waals surface area contributed by atoms with Crippen molar-refractivity contribution in [3.05, 3.63) is 67.3 Å². The Labute approximate surface area is 159 Å². The third-order valence-electron chi connectivity index (χ3n) is 4.28. The van der Waals surface area contributed by atoms with Gasteiger partial charge in [0, 0.05) is 49.8 Å². The van der Waals surface area contributed by atoms with E-state index in [-0.39, 0.29) is 0 Å². The third-order valence-corrected chi connectivity index (χ3v) is 4.28. The molecule has 9 nitrogen and oxygen atoms in total. The molecule has 0 aromatic carbocycles. The summed E-state index contributed by atoms with van der Waals surface area (Å²) in [5, 5.41) is 4.52. The van der Waals surface area contributed by atoms with Crippen LogP contribution in [0.1, 0.15) is 5.69 Å². The molecule has 5 aromatic heterocycles. The van der Waals surface area contributed by atoms with E-state index in [1.165, 1.54) is 0 Å². The minimum absolute atomic E-state index is 0.498. The van der Waals surface area contributed by atoms with Crippen LogP contribution in [0.4, 0.5) is 5.95 Å². The summed E-state index contributed by atoms with van der Waals surface area (Å²) in [7, 11) is 0. The molecule has 0 bridgehead atoms. The summed E-state index contributed by atoms with van der Waals surface area (Å²) in [4.78, 5) is 21.3. The van der Waals surface area contributed by atoms with Gasteiger partial charge >= 0.3 is 0 Å². The number of hydrogen-bond acceptors (Lipinski definition) is 6. The van der Waals surface area contributed by atoms with Crippen LogP contribution in [0.25, 0.3) is 28.9 Å². The topological polar surface area (TPSA) is 90.6 Å². The number of hydrogen-bond donors (Lipinski definition) is 0. The predicted molar refractivity (Wildman–Crippen MR) is 105 cm³/mol. The first-order valence-electron chi connectivity index (χ1n) is 8.61. The number of rotatable bonds is 5. The number of aliphatic imine (C=N–C) groups is 1. The smallest absolute Gasteiger partial charge is 0.233 e. The Morgan fingerprint density at radius 3 is 2.89 bits per heavy atom. The summed E-state index contributed by atoms with van der Waals surface area (Å²) in [5.74, 6) is 0.498. The Morgan fingerprint density at radius 2 is 2.00 bits per heavy atom. The molecule has 0 radical (unpaired) electrons. The summed E-state index contributed by atoms with van der Waals surface area (Å²) >= 11 is 0. The van der Waals surface area contributed by atoms with Gasteiger partial charge in [-0.3, -0.25) is 9.55 Å². The highest BCUT2D eigenvalue weighted by atomic mass is 15.3. The van der Waals surface area contributed by atoms with Gasteiger partial charge in [-0.1, -0.05) is 6.08 Å². The van der Waals surface area contributed by atoms with Crippen LogP contribution in [0.5, 0.6) is 0 Å². The lowest BCUT2D eigenvalue weighted by Gasteiger charge is -1.96. The van der Waals surface area contributed by atoms with Crippen molar-refractivity contribution < 1.29 is 0 Å². The van der Waals surface area contributed by atoms with E-state index in [1.54, 1.807) is 29.3 Å². The highest BCUT2D eigenvalue weighted by Gasteiger charge is 2.09. The molecule has 5 aromatic rings. The van der Waals surface area contributed by atoms with Gasteiger partial charge in [0.25, 0.3) is 0 Å². The van der Waals surface area contributed by atoms with Gasteiger partial charge in [-0.2, -0.15) is 5.10 Å². The normalized spacial score (nSPS) is 11.7. The predicted octanol–water partition coefficient (Wildman–Crippen LogP) is 2.68. The fraction of sp³-hybridized carbons (Fsp3) is 0.0526. The molecule has 9 heteroatoms. The van der Waals surface area contributed by atoms with Crippen LogP contribution >= 0.6 is 0 Å². The van der Waals surface area contributed by atoms with Crippen molar-refractivity contribution in [2.45, 2.75) is 6.42 Å². The Kier molecular flexibility index (Phi) is 3.75. The van der Waals surface area contributed by atoms with E-state index in [0.717, 1.165) is 22.7 Å². The summed E-state index contributed by atoms with van der Waals surface area (Å²) in [6.45, 7) is 3.61. The van der Waals surface area contributed by atoms with E-state index in [2.05, 4.69) is 36.7 Å². The first kappa shape index (κ1) is 16.1. The van der Waals surface area contributed by atoms with E-state index in [0.29, 0.717) is 18.1 Å². The van der Waals surface area contributed by atoms with E-state index in [1.807, 2.05) is 52.0 Å². The molecular weight excluding hydrogens is 354 g/mol. The molecule has 0 saturated carbocycles. The molecular formula is C19H15N9. The van der Waals surface area contributed by atoms with E-state index in [4.69, 9.17) is 0 Å². The number of imidazole rings is 3. The van der Waals surface area contributed by atoms with Gasteiger partial charge in [0.05, 0.1) is 11.9 Å². The molecule has 5 rings (SSSR count). The van der Waals surface area contributed by atoms with Crippen molar-refractivity contribution in [2.24, 2.45) is 4.99 Å². The van der Waals surface area contributed by atoms with E-state index >= 15 is 0 Å². The summed E-state index contributed by atoms with van der Waals surface area (Å²) in [6, 6.07) is 3.78. The Bertz CT molecular complexity index is 1290. The standard InChI is InChI=1S/C19H15N9/c1-20-19-24-16(15-4-5-17-22-7-10-28(17)25-15)13-27(19)8-2-3-14-12-26-9-6-21-11-18(26)23-14/h2,4-13H,1,3H2/b8-2-. The van der Waals surface area contributed by atoms with Crippen LogP contribution in [-0.2, 0) is 6.42 Å². The molecule has 28 heavy (non-hydrogen) atoms. The summed E-state index contributed by atoms with van der Waals surface area (Å²) in [5.41, 5.74) is 4.00. The average Bonchev–Trinajstić information content (AvgIpc) is 3.44. The zero-order valence-corrected chi connectivity index (χ0v) is 14.8. The maximum atomic E-state index is 4.53. The Hall–Kier alpha value is -4.14. The second kappa shape index (κ2) is 6.54. The molecule has 136 valence electrons. The van der Waals surface area contributed by atoms with Crippen LogP contribution in [0.3, 0.4) is 0 Å². The molecule has 0 atom stereocenters. The lowest BCUT2D eigenvalue weighted by atomic mass is 10.3. The van der Waals surface area contributed by atoms with Gasteiger partial charge in [0.15, 0.2) is 11.3 Å². The number of aromatic nitrogens is 8. The van der Waals surface area contributed by atoms with Crippen molar-refractivity contribution in [3.8, 4) is 11.4 Å². The maximum Gasteiger partial charge on any atom is 0.233 e. The van der Waals surface area contributed by atoms with Gasteiger partial charge in [0.1, 0.15) is 11.4 Å². The number of fused-ring (bicyclic) bond motifs is 2. The van der Waals surface area contributed by atoms with E-state index in [9.17, 15) is 0 Å². The molecule has 0 unspecified atom stereocenters. The second-order valence-corrected chi connectivity index (χ2v) is 6.10. The van der Waals surface area contributed by atoms with Crippen molar-refractivity contribution in [1.29, 1.82) is 0 Å². The van der Waals surface area contributed by atoms with Gasteiger partial charge in [-0.25, -0.2) is 24.5 Å². The van der Waals surface area contributed by atoms with Gasteiger partial charge < -0.3 is 4.40 Å². The van der Waals surface area contributed by atoms with Crippen molar-refractivity contribution >= 4 is 30.2 Å². The molecule has 0 N–H and O–H groups in total. The molecule has 0 aliphatic rings.